The van der Waals surface area contributed by atoms with Crippen molar-refractivity contribution in [1.29, 1.82) is 0 Å². The van der Waals surface area contributed by atoms with Crippen molar-refractivity contribution in [2.75, 3.05) is 19.8 Å². The SMILES string of the molecule is CC(C)c1nnc(C2COCCN2Cc2ccccc2OC2CC2)o1. The molecule has 6 heteroatoms. The second-order valence-corrected chi connectivity index (χ2v) is 7.12. The van der Waals surface area contributed by atoms with Crippen molar-refractivity contribution >= 4 is 0 Å². The lowest BCUT2D eigenvalue weighted by Crippen LogP contribution is -2.39. The van der Waals surface area contributed by atoms with E-state index in [0.29, 0.717) is 31.1 Å². The fourth-order valence-corrected chi connectivity index (χ4v) is 3.00. The van der Waals surface area contributed by atoms with Gasteiger partial charge in [-0.1, -0.05) is 32.0 Å². The summed E-state index contributed by atoms with van der Waals surface area (Å²) in [5.41, 5.74) is 1.20. The van der Waals surface area contributed by atoms with Crippen LogP contribution in [0.1, 0.15) is 56.0 Å². The number of benzene rings is 1. The third-order valence-electron chi connectivity index (χ3n) is 4.64. The van der Waals surface area contributed by atoms with Crippen molar-refractivity contribution in [3.8, 4) is 5.75 Å². The molecule has 25 heavy (non-hydrogen) atoms. The summed E-state index contributed by atoms with van der Waals surface area (Å²) in [4.78, 5) is 2.34. The first-order valence-electron chi connectivity index (χ1n) is 9.10. The Kier molecular flexibility index (Phi) is 4.72. The van der Waals surface area contributed by atoms with Crippen LogP contribution in [0.2, 0.25) is 0 Å². The number of hydrogen-bond donors (Lipinski definition) is 0. The van der Waals surface area contributed by atoms with Gasteiger partial charge in [0.2, 0.25) is 11.8 Å². The fraction of sp³-hybridized carbons (Fsp3) is 0.579. The summed E-state index contributed by atoms with van der Waals surface area (Å²) in [6.45, 7) is 7.02. The second-order valence-electron chi connectivity index (χ2n) is 7.12. The highest BCUT2D eigenvalue weighted by molar-refractivity contribution is 5.34. The van der Waals surface area contributed by atoms with E-state index in [1.54, 1.807) is 0 Å². The van der Waals surface area contributed by atoms with Crippen molar-refractivity contribution in [2.24, 2.45) is 0 Å². The zero-order valence-corrected chi connectivity index (χ0v) is 14.9. The van der Waals surface area contributed by atoms with E-state index in [1.807, 2.05) is 6.07 Å². The molecule has 1 aromatic carbocycles. The number of para-hydroxylation sites is 1. The third kappa shape index (κ3) is 3.85. The lowest BCUT2D eigenvalue weighted by molar-refractivity contribution is -0.0230. The summed E-state index contributed by atoms with van der Waals surface area (Å²) in [7, 11) is 0. The van der Waals surface area contributed by atoms with Gasteiger partial charge in [0.25, 0.3) is 0 Å². The molecule has 1 aliphatic heterocycles. The van der Waals surface area contributed by atoms with Crippen LogP contribution in [0.5, 0.6) is 5.75 Å². The number of rotatable bonds is 6. The van der Waals surface area contributed by atoms with Crippen molar-refractivity contribution in [3.63, 3.8) is 0 Å². The van der Waals surface area contributed by atoms with Crippen LogP contribution in [0.15, 0.2) is 28.7 Å². The smallest absolute Gasteiger partial charge is 0.236 e. The lowest BCUT2D eigenvalue weighted by Gasteiger charge is -2.33. The number of morpholine rings is 1. The molecular formula is C19H25N3O3. The topological polar surface area (TPSA) is 60.6 Å². The standard InChI is InChI=1S/C19H25N3O3/c1-13(2)18-20-21-19(25-18)16-12-23-10-9-22(16)11-14-5-3-4-6-17(14)24-15-7-8-15/h3-6,13,15-16H,7-12H2,1-2H3. The van der Waals surface area contributed by atoms with E-state index in [2.05, 4.69) is 47.1 Å². The molecule has 0 radical (unpaired) electrons. The van der Waals surface area contributed by atoms with Gasteiger partial charge in [0.05, 0.1) is 19.3 Å². The summed E-state index contributed by atoms with van der Waals surface area (Å²) in [5, 5.41) is 8.44. The number of hydrogen-bond acceptors (Lipinski definition) is 6. The van der Waals surface area contributed by atoms with Gasteiger partial charge in [0.1, 0.15) is 11.8 Å². The largest absolute Gasteiger partial charge is 0.490 e. The second kappa shape index (κ2) is 7.14. The van der Waals surface area contributed by atoms with E-state index in [4.69, 9.17) is 13.9 Å². The van der Waals surface area contributed by atoms with E-state index >= 15 is 0 Å². The van der Waals surface area contributed by atoms with Crippen LogP contribution >= 0.6 is 0 Å². The minimum absolute atomic E-state index is 0.0114. The first-order valence-corrected chi connectivity index (χ1v) is 9.10. The van der Waals surface area contributed by atoms with Gasteiger partial charge in [-0.3, -0.25) is 4.90 Å². The van der Waals surface area contributed by atoms with Crippen molar-refractivity contribution in [2.45, 2.75) is 51.3 Å². The van der Waals surface area contributed by atoms with Crippen molar-refractivity contribution < 1.29 is 13.9 Å². The molecule has 2 heterocycles. The molecule has 2 fully saturated rings. The van der Waals surface area contributed by atoms with Crippen LogP contribution in [0.25, 0.3) is 0 Å². The van der Waals surface area contributed by atoms with Gasteiger partial charge >= 0.3 is 0 Å². The molecule has 0 bridgehead atoms. The van der Waals surface area contributed by atoms with E-state index in [0.717, 1.165) is 31.7 Å². The summed E-state index contributed by atoms with van der Waals surface area (Å²) in [5.74, 6) is 2.54. The van der Waals surface area contributed by atoms with Gasteiger partial charge in [-0.15, -0.1) is 10.2 Å². The molecule has 1 atom stereocenters. The Labute approximate surface area is 148 Å². The normalized spacial score (nSPS) is 21.6. The molecule has 0 spiro atoms. The Morgan fingerprint density at radius 2 is 2.08 bits per heavy atom. The molecule has 0 amide bonds. The zero-order chi connectivity index (χ0) is 17.2. The molecule has 1 saturated carbocycles. The Morgan fingerprint density at radius 3 is 2.84 bits per heavy atom. The Morgan fingerprint density at radius 1 is 1.24 bits per heavy atom. The minimum Gasteiger partial charge on any atom is -0.490 e. The van der Waals surface area contributed by atoms with Crippen LogP contribution in [-0.4, -0.2) is 41.0 Å². The van der Waals surface area contributed by atoms with Crippen LogP contribution in [-0.2, 0) is 11.3 Å². The molecule has 1 saturated heterocycles. The molecule has 2 aromatic rings. The summed E-state index contributed by atoms with van der Waals surface area (Å²) >= 11 is 0. The van der Waals surface area contributed by atoms with Gasteiger partial charge in [-0.05, 0) is 18.9 Å². The first-order chi connectivity index (χ1) is 12.2. The van der Waals surface area contributed by atoms with Crippen molar-refractivity contribution in [1.82, 2.24) is 15.1 Å². The van der Waals surface area contributed by atoms with Gasteiger partial charge in [0, 0.05) is 24.6 Å². The maximum absolute atomic E-state index is 6.07. The average molecular weight is 343 g/mol. The van der Waals surface area contributed by atoms with Gasteiger partial charge in [-0.2, -0.15) is 0 Å². The third-order valence-corrected chi connectivity index (χ3v) is 4.64. The maximum atomic E-state index is 6.07. The molecule has 0 N–H and O–H groups in total. The molecule has 134 valence electrons. The fourth-order valence-electron chi connectivity index (χ4n) is 3.00. The van der Waals surface area contributed by atoms with E-state index < -0.39 is 0 Å². The number of aromatic nitrogens is 2. The highest BCUT2D eigenvalue weighted by atomic mass is 16.5. The Bertz CT molecular complexity index is 711. The van der Waals surface area contributed by atoms with Crippen molar-refractivity contribution in [3.05, 3.63) is 41.6 Å². The zero-order valence-electron chi connectivity index (χ0n) is 14.9. The highest BCUT2D eigenvalue weighted by Gasteiger charge is 2.31. The van der Waals surface area contributed by atoms with Gasteiger partial charge < -0.3 is 13.9 Å². The van der Waals surface area contributed by atoms with E-state index in [-0.39, 0.29) is 12.0 Å². The van der Waals surface area contributed by atoms with Gasteiger partial charge in [-0.25, -0.2) is 0 Å². The predicted octanol–water partition coefficient (Wildman–Crippen LogP) is 3.31. The minimum atomic E-state index is -0.0114. The molecule has 1 unspecified atom stereocenters. The van der Waals surface area contributed by atoms with Crippen LogP contribution in [0.4, 0.5) is 0 Å². The Balaban J connectivity index is 1.53. The first kappa shape index (κ1) is 16.5. The molecule has 6 nitrogen and oxygen atoms in total. The molecule has 4 rings (SSSR count). The number of nitrogens with zero attached hydrogens (tertiary/aromatic N) is 3. The van der Waals surface area contributed by atoms with E-state index in [9.17, 15) is 0 Å². The molecular weight excluding hydrogens is 318 g/mol. The quantitative estimate of drug-likeness (QED) is 0.802. The molecule has 1 aliphatic carbocycles. The maximum Gasteiger partial charge on any atom is 0.236 e. The lowest BCUT2D eigenvalue weighted by atomic mass is 10.1. The molecule has 2 aliphatic rings. The summed E-state index contributed by atoms with van der Waals surface area (Å²) < 4.78 is 17.6. The summed E-state index contributed by atoms with van der Waals surface area (Å²) in [6.07, 6.45) is 2.72. The van der Waals surface area contributed by atoms with Crippen LogP contribution < -0.4 is 4.74 Å². The Hall–Kier alpha value is -1.92. The van der Waals surface area contributed by atoms with Gasteiger partial charge in [0.15, 0.2) is 0 Å². The van der Waals surface area contributed by atoms with Crippen LogP contribution in [0.3, 0.4) is 0 Å². The average Bonchev–Trinajstić information content (AvgIpc) is 3.29. The molecule has 1 aromatic heterocycles. The van der Waals surface area contributed by atoms with E-state index in [1.165, 1.54) is 5.56 Å². The monoisotopic (exact) mass is 343 g/mol. The highest BCUT2D eigenvalue weighted by Crippen LogP contribution is 2.32. The number of ether oxygens (including phenoxy) is 2. The predicted molar refractivity (Wildman–Crippen MR) is 92.4 cm³/mol. The summed E-state index contributed by atoms with van der Waals surface area (Å²) in [6, 6.07) is 8.28. The van der Waals surface area contributed by atoms with Crippen LogP contribution in [0, 0.1) is 0 Å².